The van der Waals surface area contributed by atoms with Crippen LogP contribution in [0.25, 0.3) is 0 Å². The Kier molecular flexibility index (Phi) is 6.35. The van der Waals surface area contributed by atoms with E-state index >= 15 is 0 Å². The Bertz CT molecular complexity index is 539. The molecule has 23 heavy (non-hydrogen) atoms. The zero-order chi connectivity index (χ0) is 17.6. The zero-order valence-electron chi connectivity index (χ0n) is 13.4. The minimum atomic E-state index is -1.21. The molecule has 0 aliphatic rings. The molecule has 0 saturated carbocycles. The number of anilines is 1. The molecule has 8 heteroatoms. The van der Waals surface area contributed by atoms with Crippen LogP contribution >= 0.6 is 0 Å². The maximum absolute atomic E-state index is 11.5. The Morgan fingerprint density at radius 3 is 2.26 bits per heavy atom. The maximum Gasteiger partial charge on any atom is 0.407 e. The molecule has 0 radical (unpaired) electrons. The second kappa shape index (κ2) is 7.80. The van der Waals surface area contributed by atoms with E-state index in [1.807, 2.05) is 0 Å². The quantitative estimate of drug-likeness (QED) is 0.552. The van der Waals surface area contributed by atoms with Crippen molar-refractivity contribution in [3.05, 3.63) is 29.8 Å². The Hall–Kier alpha value is -2.32. The number of benzene rings is 1. The molecule has 3 amide bonds. The molecule has 0 aliphatic heterocycles. The van der Waals surface area contributed by atoms with Crippen LogP contribution in [0.4, 0.5) is 15.3 Å². The number of alkyl carbamates (subject to hydrolysis) is 1. The number of hydrogen-bond acceptors (Lipinski definition) is 5. The van der Waals surface area contributed by atoms with Crippen molar-refractivity contribution < 1.29 is 24.5 Å². The van der Waals surface area contributed by atoms with Gasteiger partial charge in [-0.15, -0.1) is 0 Å². The number of rotatable bonds is 5. The Balaban J connectivity index is 2.54. The molecule has 128 valence electrons. The van der Waals surface area contributed by atoms with Crippen LogP contribution in [0.2, 0.25) is 0 Å². The molecule has 1 aromatic carbocycles. The van der Waals surface area contributed by atoms with E-state index in [0.717, 1.165) is 0 Å². The molecule has 0 heterocycles. The van der Waals surface area contributed by atoms with Crippen molar-refractivity contribution >= 4 is 17.8 Å². The summed E-state index contributed by atoms with van der Waals surface area (Å²) in [5.74, 6) is 0. The SMILES string of the molecule is CC(C)(C)OC(=O)NCC(O)C(O)c1ccc(NC(N)=O)cc1. The third-order valence-electron chi connectivity index (χ3n) is 2.74. The molecule has 2 atom stereocenters. The van der Waals surface area contributed by atoms with Crippen LogP contribution in [0.1, 0.15) is 32.4 Å². The number of amides is 3. The molecule has 2 unspecified atom stereocenters. The molecular formula is C15H23N3O5. The van der Waals surface area contributed by atoms with Gasteiger partial charge in [0.05, 0.1) is 0 Å². The number of carbonyl (C=O) groups is 2. The van der Waals surface area contributed by atoms with E-state index in [-0.39, 0.29) is 6.54 Å². The monoisotopic (exact) mass is 325 g/mol. The van der Waals surface area contributed by atoms with Gasteiger partial charge >= 0.3 is 12.1 Å². The van der Waals surface area contributed by atoms with Gasteiger partial charge in [-0.3, -0.25) is 0 Å². The normalized spacial score (nSPS) is 13.8. The van der Waals surface area contributed by atoms with Gasteiger partial charge in [-0.05, 0) is 38.5 Å². The van der Waals surface area contributed by atoms with E-state index in [1.165, 1.54) is 24.3 Å². The summed E-state index contributed by atoms with van der Waals surface area (Å²) in [6.45, 7) is 5.00. The molecule has 0 saturated heterocycles. The van der Waals surface area contributed by atoms with Gasteiger partial charge in [-0.2, -0.15) is 0 Å². The first-order valence-electron chi connectivity index (χ1n) is 7.08. The second-order valence-electron chi connectivity index (χ2n) is 6.01. The molecule has 0 aliphatic carbocycles. The minimum Gasteiger partial charge on any atom is -0.444 e. The number of hydrogen-bond donors (Lipinski definition) is 5. The summed E-state index contributed by atoms with van der Waals surface area (Å²) in [5, 5.41) is 24.7. The molecule has 8 nitrogen and oxygen atoms in total. The summed E-state index contributed by atoms with van der Waals surface area (Å²) in [4.78, 5) is 22.2. The van der Waals surface area contributed by atoms with Crippen LogP contribution < -0.4 is 16.4 Å². The van der Waals surface area contributed by atoms with Crippen LogP contribution in [-0.2, 0) is 4.74 Å². The average molecular weight is 325 g/mol. The Morgan fingerprint density at radius 2 is 1.78 bits per heavy atom. The van der Waals surface area contributed by atoms with Gasteiger partial charge in [0.2, 0.25) is 0 Å². The van der Waals surface area contributed by atoms with Crippen molar-refractivity contribution in [3.8, 4) is 0 Å². The largest absolute Gasteiger partial charge is 0.444 e. The van der Waals surface area contributed by atoms with Gasteiger partial charge in [0.1, 0.15) is 17.8 Å². The summed E-state index contributed by atoms with van der Waals surface area (Å²) >= 11 is 0. The van der Waals surface area contributed by atoms with Crippen LogP contribution in [0.3, 0.4) is 0 Å². The van der Waals surface area contributed by atoms with Crippen LogP contribution in [0.5, 0.6) is 0 Å². The molecule has 1 aromatic rings. The third-order valence-corrected chi connectivity index (χ3v) is 2.74. The van der Waals surface area contributed by atoms with Gasteiger partial charge < -0.3 is 31.3 Å². The molecule has 0 bridgehead atoms. The summed E-state index contributed by atoms with van der Waals surface area (Å²) in [5.41, 5.74) is 5.25. The van der Waals surface area contributed by atoms with Gasteiger partial charge in [0.15, 0.2) is 0 Å². The van der Waals surface area contributed by atoms with E-state index in [1.54, 1.807) is 20.8 Å². The van der Waals surface area contributed by atoms with Gasteiger partial charge in [-0.1, -0.05) is 12.1 Å². The molecule has 0 fully saturated rings. The predicted molar refractivity (Wildman–Crippen MR) is 84.9 cm³/mol. The smallest absolute Gasteiger partial charge is 0.407 e. The Labute approximate surface area is 134 Å². The predicted octanol–water partition coefficient (Wildman–Crippen LogP) is 1.10. The highest BCUT2D eigenvalue weighted by Gasteiger charge is 2.21. The van der Waals surface area contributed by atoms with E-state index in [0.29, 0.717) is 11.3 Å². The molecule has 0 aromatic heterocycles. The van der Waals surface area contributed by atoms with E-state index in [4.69, 9.17) is 10.5 Å². The third kappa shape index (κ3) is 6.98. The number of aliphatic hydroxyl groups excluding tert-OH is 2. The summed E-state index contributed by atoms with van der Waals surface area (Å²) in [6.07, 6.45) is -3.09. The standard InChI is InChI=1S/C15H23N3O5/c1-15(2,3)23-14(22)17-8-11(19)12(20)9-4-6-10(7-5-9)18-13(16)21/h4-7,11-12,19-20H,8H2,1-3H3,(H,17,22)(H3,16,18,21). The van der Waals surface area contributed by atoms with Crippen LogP contribution in [0, 0.1) is 0 Å². The average Bonchev–Trinajstić information content (AvgIpc) is 2.42. The number of ether oxygens (including phenoxy) is 1. The van der Waals surface area contributed by atoms with Crippen molar-refractivity contribution in [2.24, 2.45) is 5.73 Å². The lowest BCUT2D eigenvalue weighted by Gasteiger charge is -2.22. The first-order valence-corrected chi connectivity index (χ1v) is 7.08. The number of urea groups is 1. The van der Waals surface area contributed by atoms with Crippen molar-refractivity contribution in [2.75, 3.05) is 11.9 Å². The summed E-state index contributed by atoms with van der Waals surface area (Å²) < 4.78 is 5.03. The fourth-order valence-corrected chi connectivity index (χ4v) is 1.74. The lowest BCUT2D eigenvalue weighted by Crippen LogP contribution is -2.38. The van der Waals surface area contributed by atoms with Crippen molar-refractivity contribution in [3.63, 3.8) is 0 Å². The van der Waals surface area contributed by atoms with Crippen molar-refractivity contribution in [2.45, 2.75) is 38.6 Å². The summed E-state index contributed by atoms with van der Waals surface area (Å²) in [7, 11) is 0. The number of nitrogens with one attached hydrogen (secondary N) is 2. The first-order chi connectivity index (χ1) is 10.6. The minimum absolute atomic E-state index is 0.169. The van der Waals surface area contributed by atoms with E-state index in [2.05, 4.69) is 10.6 Å². The number of carbonyl (C=O) groups excluding carboxylic acids is 2. The highest BCUT2D eigenvalue weighted by atomic mass is 16.6. The highest BCUT2D eigenvalue weighted by Crippen LogP contribution is 2.19. The molecule has 0 spiro atoms. The zero-order valence-corrected chi connectivity index (χ0v) is 13.4. The van der Waals surface area contributed by atoms with Gasteiger partial charge in [-0.25, -0.2) is 9.59 Å². The fourth-order valence-electron chi connectivity index (χ4n) is 1.74. The maximum atomic E-state index is 11.5. The Morgan fingerprint density at radius 1 is 1.22 bits per heavy atom. The van der Waals surface area contributed by atoms with E-state index < -0.39 is 29.9 Å². The molecule has 1 rings (SSSR count). The topological polar surface area (TPSA) is 134 Å². The van der Waals surface area contributed by atoms with Crippen LogP contribution in [-0.4, -0.2) is 40.6 Å². The number of aliphatic hydroxyl groups is 2. The molecule has 6 N–H and O–H groups in total. The molecular weight excluding hydrogens is 302 g/mol. The second-order valence-corrected chi connectivity index (χ2v) is 6.01. The first kappa shape index (κ1) is 18.7. The van der Waals surface area contributed by atoms with Crippen LogP contribution in [0.15, 0.2) is 24.3 Å². The van der Waals surface area contributed by atoms with Gasteiger partial charge in [0, 0.05) is 12.2 Å². The summed E-state index contributed by atoms with van der Waals surface area (Å²) in [6, 6.07) is 5.45. The van der Waals surface area contributed by atoms with Gasteiger partial charge in [0.25, 0.3) is 0 Å². The van der Waals surface area contributed by atoms with Crippen molar-refractivity contribution in [1.82, 2.24) is 5.32 Å². The lowest BCUT2D eigenvalue weighted by atomic mass is 10.0. The highest BCUT2D eigenvalue weighted by molar-refractivity contribution is 5.87. The van der Waals surface area contributed by atoms with E-state index in [9.17, 15) is 19.8 Å². The fraction of sp³-hybridized carbons (Fsp3) is 0.467. The number of primary amides is 1. The van der Waals surface area contributed by atoms with Crippen molar-refractivity contribution in [1.29, 1.82) is 0 Å². The lowest BCUT2D eigenvalue weighted by molar-refractivity contribution is 0.0129. The number of nitrogens with two attached hydrogens (primary N) is 1.